The van der Waals surface area contributed by atoms with Crippen molar-refractivity contribution < 1.29 is 9.59 Å². The van der Waals surface area contributed by atoms with Gasteiger partial charge in [-0.15, -0.1) is 0 Å². The molecule has 1 aromatic rings. The lowest BCUT2D eigenvalue weighted by Gasteiger charge is -2.33. The van der Waals surface area contributed by atoms with Crippen molar-refractivity contribution in [1.29, 1.82) is 0 Å². The minimum absolute atomic E-state index is 0.118. The molecule has 1 atom stereocenters. The Morgan fingerprint density at radius 1 is 1.00 bits per heavy atom. The first-order valence-electron chi connectivity index (χ1n) is 12.1. The topological polar surface area (TPSA) is 82.3 Å². The van der Waals surface area contributed by atoms with Crippen LogP contribution in [0.4, 0.5) is 4.79 Å². The number of nitrogens with one attached hydrogen (secondary N) is 4. The van der Waals surface area contributed by atoms with Crippen LogP contribution in [0.2, 0.25) is 0 Å². The average molecular weight is 437 g/mol. The van der Waals surface area contributed by atoms with Crippen LogP contribution in [0.3, 0.4) is 0 Å². The number of rotatable bonds is 6. The molecule has 2 saturated carbocycles. The predicted octanol–water partition coefficient (Wildman–Crippen LogP) is 4.43. The number of hydrogen-bond donors (Lipinski definition) is 4. The van der Waals surface area contributed by atoms with Crippen molar-refractivity contribution in [3.63, 3.8) is 0 Å². The molecule has 6 nitrogen and oxygen atoms in total. The van der Waals surface area contributed by atoms with Crippen LogP contribution in [0.15, 0.2) is 54.0 Å². The van der Waals surface area contributed by atoms with Crippen LogP contribution in [0.5, 0.6) is 0 Å². The van der Waals surface area contributed by atoms with Gasteiger partial charge in [-0.05, 0) is 62.8 Å². The summed E-state index contributed by atoms with van der Waals surface area (Å²) in [4.78, 5) is 25.3. The van der Waals surface area contributed by atoms with Crippen molar-refractivity contribution in [2.75, 3.05) is 0 Å². The molecule has 3 aliphatic rings. The van der Waals surface area contributed by atoms with E-state index in [1.165, 1.54) is 37.7 Å². The Kier molecular flexibility index (Phi) is 7.18. The van der Waals surface area contributed by atoms with E-state index in [0.717, 1.165) is 25.7 Å². The van der Waals surface area contributed by atoms with Crippen LogP contribution in [-0.4, -0.2) is 24.0 Å². The van der Waals surface area contributed by atoms with Crippen molar-refractivity contribution in [3.05, 3.63) is 59.6 Å². The van der Waals surface area contributed by atoms with Crippen LogP contribution < -0.4 is 21.3 Å². The van der Waals surface area contributed by atoms with Crippen LogP contribution in [0.1, 0.15) is 76.2 Å². The summed E-state index contributed by atoms with van der Waals surface area (Å²) < 4.78 is 0. The van der Waals surface area contributed by atoms with Crippen LogP contribution in [0, 0.1) is 5.92 Å². The zero-order chi connectivity index (χ0) is 22.5. The van der Waals surface area contributed by atoms with E-state index in [1.807, 2.05) is 6.07 Å². The number of benzene rings is 1. The van der Waals surface area contributed by atoms with Crippen molar-refractivity contribution in [2.45, 2.75) is 82.7 Å². The van der Waals surface area contributed by atoms with Gasteiger partial charge in [0, 0.05) is 12.1 Å². The number of amides is 3. The van der Waals surface area contributed by atoms with Gasteiger partial charge in [0.25, 0.3) is 5.91 Å². The molecule has 1 aliphatic heterocycles. The molecule has 4 N–H and O–H groups in total. The minimum Gasteiger partial charge on any atom is -0.379 e. The second-order valence-corrected chi connectivity index (χ2v) is 9.57. The average Bonchev–Trinajstić information content (AvgIpc) is 2.82. The van der Waals surface area contributed by atoms with Gasteiger partial charge in [0.1, 0.15) is 5.70 Å². The molecule has 1 aromatic carbocycles. The maximum Gasteiger partial charge on any atom is 0.323 e. The molecule has 172 valence electrons. The second-order valence-electron chi connectivity index (χ2n) is 9.57. The van der Waals surface area contributed by atoms with Gasteiger partial charge in [-0.2, -0.15) is 0 Å². The zero-order valence-electron chi connectivity index (χ0n) is 19.1. The number of carbonyl (C=O) groups is 2. The summed E-state index contributed by atoms with van der Waals surface area (Å²) in [6, 6.07) is 10.5. The Hall–Kier alpha value is -2.76. The third-order valence-corrected chi connectivity index (χ3v) is 7.34. The molecule has 2 fully saturated rings. The van der Waals surface area contributed by atoms with E-state index < -0.39 is 6.03 Å². The molecule has 0 radical (unpaired) electrons. The van der Waals surface area contributed by atoms with Gasteiger partial charge < -0.3 is 21.3 Å². The molecule has 4 rings (SSSR count). The van der Waals surface area contributed by atoms with Crippen molar-refractivity contribution in [2.24, 2.45) is 5.92 Å². The van der Waals surface area contributed by atoms with Gasteiger partial charge in [0.05, 0.1) is 11.4 Å². The molecule has 0 saturated heterocycles. The molecule has 3 amide bonds. The molecule has 0 unspecified atom stereocenters. The fourth-order valence-electron chi connectivity index (χ4n) is 5.42. The number of carbonyl (C=O) groups excluding carboxylic acids is 2. The van der Waals surface area contributed by atoms with E-state index >= 15 is 0 Å². The fourth-order valence-corrected chi connectivity index (χ4v) is 5.42. The third-order valence-electron chi connectivity index (χ3n) is 7.34. The van der Waals surface area contributed by atoms with Gasteiger partial charge in [0.2, 0.25) is 0 Å². The highest BCUT2D eigenvalue weighted by molar-refractivity contribution is 6.00. The summed E-state index contributed by atoms with van der Waals surface area (Å²) in [6.07, 6.45) is 10.2. The Labute approximate surface area is 191 Å². The Balaban J connectivity index is 1.40. The van der Waals surface area contributed by atoms with Gasteiger partial charge in [0.15, 0.2) is 0 Å². The molecule has 1 heterocycles. The predicted molar refractivity (Wildman–Crippen MR) is 127 cm³/mol. The lowest BCUT2D eigenvalue weighted by molar-refractivity contribution is -0.118. The maximum absolute atomic E-state index is 13.2. The number of hydrogen-bond acceptors (Lipinski definition) is 3. The van der Waals surface area contributed by atoms with Crippen LogP contribution in [-0.2, 0) is 4.79 Å². The molecule has 6 heteroatoms. The van der Waals surface area contributed by atoms with Crippen LogP contribution >= 0.6 is 0 Å². The summed E-state index contributed by atoms with van der Waals surface area (Å²) in [5, 5.41) is 12.1. The van der Waals surface area contributed by atoms with Crippen molar-refractivity contribution in [3.8, 4) is 0 Å². The SMILES string of the molecule is C=C1NC(=O)NC(C(=O)N[C@H]2CC[C@@H](c3ccccc3)CC2)=C1N[C@@H](C)C1CCCCC1. The molecule has 0 aromatic heterocycles. The first-order valence-corrected chi connectivity index (χ1v) is 12.1. The van der Waals surface area contributed by atoms with Crippen molar-refractivity contribution >= 4 is 11.9 Å². The highest BCUT2D eigenvalue weighted by Crippen LogP contribution is 2.33. The van der Waals surface area contributed by atoms with E-state index in [-0.39, 0.29) is 23.7 Å². The van der Waals surface area contributed by atoms with Gasteiger partial charge in [-0.3, -0.25) is 4.79 Å². The van der Waals surface area contributed by atoms with E-state index in [4.69, 9.17) is 0 Å². The zero-order valence-corrected chi connectivity index (χ0v) is 19.1. The first-order chi connectivity index (χ1) is 15.5. The molecule has 2 aliphatic carbocycles. The van der Waals surface area contributed by atoms with Crippen molar-refractivity contribution in [1.82, 2.24) is 21.3 Å². The van der Waals surface area contributed by atoms with E-state index in [0.29, 0.717) is 23.2 Å². The molecule has 0 bridgehead atoms. The van der Waals surface area contributed by atoms with Gasteiger partial charge in [-0.25, -0.2) is 4.79 Å². The Morgan fingerprint density at radius 3 is 2.38 bits per heavy atom. The minimum atomic E-state index is -0.413. The fraction of sp³-hybridized carbons (Fsp3) is 0.538. The summed E-state index contributed by atoms with van der Waals surface area (Å²) in [6.45, 7) is 6.15. The lowest BCUT2D eigenvalue weighted by atomic mass is 9.82. The molecule has 32 heavy (non-hydrogen) atoms. The quantitative estimate of drug-likeness (QED) is 0.533. The van der Waals surface area contributed by atoms with Gasteiger partial charge in [-0.1, -0.05) is 56.2 Å². The smallest absolute Gasteiger partial charge is 0.323 e. The second kappa shape index (κ2) is 10.2. The van der Waals surface area contributed by atoms with E-state index in [2.05, 4.69) is 59.0 Å². The van der Waals surface area contributed by atoms with E-state index in [9.17, 15) is 9.59 Å². The monoisotopic (exact) mass is 436 g/mol. The third kappa shape index (κ3) is 5.34. The molecular formula is C26H36N4O2. The summed E-state index contributed by atoms with van der Waals surface area (Å²) in [5.74, 6) is 0.886. The normalized spacial score (nSPS) is 25.5. The van der Waals surface area contributed by atoms with Crippen LogP contribution in [0.25, 0.3) is 0 Å². The highest BCUT2D eigenvalue weighted by atomic mass is 16.2. The lowest BCUT2D eigenvalue weighted by Crippen LogP contribution is -2.51. The molecule has 0 spiro atoms. The summed E-state index contributed by atoms with van der Waals surface area (Å²) in [7, 11) is 0. The summed E-state index contributed by atoms with van der Waals surface area (Å²) >= 11 is 0. The largest absolute Gasteiger partial charge is 0.379 e. The van der Waals surface area contributed by atoms with Gasteiger partial charge >= 0.3 is 6.03 Å². The maximum atomic E-state index is 13.2. The first kappa shape index (κ1) is 22.4. The molecular weight excluding hydrogens is 400 g/mol. The number of urea groups is 1. The Morgan fingerprint density at radius 2 is 1.69 bits per heavy atom. The van der Waals surface area contributed by atoms with E-state index in [1.54, 1.807) is 0 Å². The Bertz CT molecular complexity index is 865. The highest BCUT2D eigenvalue weighted by Gasteiger charge is 2.31. The standard InChI is InChI=1S/C26H36N4O2/c1-17(19-9-5-3-6-10-19)27-23-18(2)28-26(32)30-24(23)25(31)29-22-15-13-21(14-16-22)20-11-7-4-8-12-20/h4,7-8,11-12,17,19,21-22,27H,2-3,5-6,9-10,13-16H2,1H3,(H,29,31)(H2,28,30,32)/t17-,21-,22+/m0/s1. The summed E-state index contributed by atoms with van der Waals surface area (Å²) in [5.41, 5.74) is 2.73.